The zero-order valence-corrected chi connectivity index (χ0v) is 20.6. The lowest BCUT2D eigenvalue weighted by atomic mass is 10.0. The Kier molecular flexibility index (Phi) is 10.4. The Balaban J connectivity index is 2.03. The van der Waals surface area contributed by atoms with E-state index in [9.17, 15) is 23.1 Å². The van der Waals surface area contributed by atoms with Crippen LogP contribution in [-0.2, 0) is 31.9 Å². The van der Waals surface area contributed by atoms with Crippen molar-refractivity contribution in [1.82, 2.24) is 15.4 Å². The maximum Gasteiger partial charge on any atom is 0.242 e. The molecule has 11 heteroatoms. The monoisotopic (exact) mass is 503 g/mol. The molecule has 0 heterocycles. The van der Waals surface area contributed by atoms with E-state index in [2.05, 4.69) is 15.4 Å². The molecule has 7 N–H and O–H groups in total. The molecule has 10 nitrogen and oxygen atoms in total. The summed E-state index contributed by atoms with van der Waals surface area (Å²) in [6, 6.07) is 13.2. The van der Waals surface area contributed by atoms with Crippen molar-refractivity contribution in [3.8, 4) is 0 Å². The normalized spacial score (nSPS) is 13.1. The number of carbonyl (C=O) groups is 2. The number of benzene rings is 2. The van der Waals surface area contributed by atoms with Crippen LogP contribution in [-0.4, -0.2) is 49.9 Å². The largest absolute Gasteiger partial charge is 0.396 e. The van der Waals surface area contributed by atoms with E-state index in [1.165, 1.54) is 0 Å². The molecule has 0 saturated carbocycles. The summed E-state index contributed by atoms with van der Waals surface area (Å²) in [6.07, 6.45) is -0.0393. The quantitative estimate of drug-likeness (QED) is 0.172. The third-order valence-electron chi connectivity index (χ3n) is 5.24. The minimum Gasteiger partial charge on any atom is -0.396 e. The zero-order valence-electron chi connectivity index (χ0n) is 19.8. The molecule has 190 valence electrons. The number of nitrogen functional groups attached to an aromatic ring is 1. The summed E-state index contributed by atoms with van der Waals surface area (Å²) in [5.74, 6) is -1.91. The molecule has 2 aromatic rings. The van der Waals surface area contributed by atoms with E-state index in [4.69, 9.17) is 11.1 Å². The van der Waals surface area contributed by atoms with Gasteiger partial charge in [-0.25, -0.2) is 13.1 Å². The van der Waals surface area contributed by atoms with Gasteiger partial charge in [-0.2, -0.15) is 0 Å². The average molecular weight is 504 g/mol. The van der Waals surface area contributed by atoms with Crippen molar-refractivity contribution in [2.45, 2.75) is 44.6 Å². The van der Waals surface area contributed by atoms with Crippen molar-refractivity contribution >= 4 is 27.7 Å². The fourth-order valence-electron chi connectivity index (χ4n) is 3.30. The SMILES string of the molecule is CC(C)[C@@H](NS(=O)(=O)Cc1ccccc1)C(=O)NC(CCO)C(=O)NCc1ccc(C(=N)N)cc1. The molecule has 0 fully saturated rings. The number of aliphatic hydroxyl groups excluding tert-OH is 1. The third kappa shape index (κ3) is 9.12. The van der Waals surface area contributed by atoms with Crippen molar-refractivity contribution in [3.05, 3.63) is 71.3 Å². The van der Waals surface area contributed by atoms with Gasteiger partial charge in [-0.15, -0.1) is 0 Å². The number of amidine groups is 1. The maximum absolute atomic E-state index is 12.9. The lowest BCUT2D eigenvalue weighted by Crippen LogP contribution is -2.55. The predicted octanol–water partition coefficient (Wildman–Crippen LogP) is 0.598. The van der Waals surface area contributed by atoms with Crippen LogP contribution < -0.4 is 21.1 Å². The number of aliphatic hydroxyl groups is 1. The van der Waals surface area contributed by atoms with Crippen LogP contribution in [0.1, 0.15) is 37.0 Å². The van der Waals surface area contributed by atoms with Crippen molar-refractivity contribution < 1.29 is 23.1 Å². The number of hydrogen-bond acceptors (Lipinski definition) is 6. The lowest BCUT2D eigenvalue weighted by molar-refractivity contribution is -0.130. The van der Waals surface area contributed by atoms with Crippen LogP contribution in [0.4, 0.5) is 0 Å². The van der Waals surface area contributed by atoms with Gasteiger partial charge in [-0.3, -0.25) is 15.0 Å². The molecule has 0 saturated heterocycles. The highest BCUT2D eigenvalue weighted by Gasteiger charge is 2.30. The number of sulfonamides is 1. The van der Waals surface area contributed by atoms with E-state index < -0.39 is 39.8 Å². The van der Waals surface area contributed by atoms with Gasteiger partial charge in [-0.1, -0.05) is 68.4 Å². The Hall–Kier alpha value is -3.28. The van der Waals surface area contributed by atoms with Crippen LogP contribution in [0.15, 0.2) is 54.6 Å². The third-order valence-corrected chi connectivity index (χ3v) is 6.56. The minimum atomic E-state index is -3.83. The molecule has 2 atom stereocenters. The van der Waals surface area contributed by atoms with Crippen molar-refractivity contribution in [3.63, 3.8) is 0 Å². The average Bonchev–Trinajstić information content (AvgIpc) is 2.81. The topological polar surface area (TPSA) is 174 Å². The highest BCUT2D eigenvalue weighted by Crippen LogP contribution is 2.10. The molecule has 0 aliphatic carbocycles. The first kappa shape index (κ1) is 28.0. The second kappa shape index (κ2) is 13.0. The summed E-state index contributed by atoms with van der Waals surface area (Å²) in [4.78, 5) is 25.7. The Morgan fingerprint density at radius 2 is 1.63 bits per heavy atom. The van der Waals surface area contributed by atoms with Crippen LogP contribution in [0.5, 0.6) is 0 Å². The fourth-order valence-corrected chi connectivity index (χ4v) is 4.78. The molecule has 35 heavy (non-hydrogen) atoms. The molecule has 0 aliphatic rings. The highest BCUT2D eigenvalue weighted by atomic mass is 32.2. The second-order valence-electron chi connectivity index (χ2n) is 8.49. The van der Waals surface area contributed by atoms with E-state index in [0.29, 0.717) is 11.1 Å². The Morgan fingerprint density at radius 1 is 1.00 bits per heavy atom. The van der Waals surface area contributed by atoms with Crippen molar-refractivity contribution in [2.75, 3.05) is 6.61 Å². The maximum atomic E-state index is 12.9. The summed E-state index contributed by atoms with van der Waals surface area (Å²) < 4.78 is 27.8. The molecule has 0 aromatic heterocycles. The summed E-state index contributed by atoms with van der Waals surface area (Å²) >= 11 is 0. The highest BCUT2D eigenvalue weighted by molar-refractivity contribution is 7.88. The lowest BCUT2D eigenvalue weighted by Gasteiger charge is -2.25. The van der Waals surface area contributed by atoms with Gasteiger partial charge < -0.3 is 21.5 Å². The molecule has 0 aliphatic heterocycles. The number of nitrogens with two attached hydrogens (primary N) is 1. The summed E-state index contributed by atoms with van der Waals surface area (Å²) in [7, 11) is -3.83. The molecule has 0 spiro atoms. The minimum absolute atomic E-state index is 0.0393. The summed E-state index contributed by atoms with van der Waals surface area (Å²) in [6.45, 7) is 3.20. The van der Waals surface area contributed by atoms with Gasteiger partial charge in [0, 0.05) is 18.7 Å². The van der Waals surface area contributed by atoms with Crippen LogP contribution in [0.2, 0.25) is 0 Å². The molecular formula is C24H33N5O5S. The van der Waals surface area contributed by atoms with Crippen LogP contribution >= 0.6 is 0 Å². The van der Waals surface area contributed by atoms with E-state index in [1.807, 2.05) is 0 Å². The molecule has 1 unspecified atom stereocenters. The standard InChI is InChI=1S/C24H33N5O5S/c1-16(2)21(29-35(33,34)15-18-6-4-3-5-7-18)24(32)28-20(12-13-30)23(31)27-14-17-8-10-19(11-9-17)22(25)26/h3-11,16,20-21,29-30H,12-15H2,1-2H3,(H3,25,26)(H,27,31)(H,28,32)/t20?,21-/m1/s1. The van der Waals surface area contributed by atoms with E-state index in [0.717, 1.165) is 5.56 Å². The van der Waals surface area contributed by atoms with Gasteiger partial charge in [0.25, 0.3) is 0 Å². The fraction of sp³-hybridized carbons (Fsp3) is 0.375. The van der Waals surface area contributed by atoms with Crippen molar-refractivity contribution in [1.29, 1.82) is 5.41 Å². The second-order valence-corrected chi connectivity index (χ2v) is 10.2. The van der Waals surface area contributed by atoms with E-state index in [1.54, 1.807) is 68.4 Å². The van der Waals surface area contributed by atoms with Gasteiger partial charge >= 0.3 is 0 Å². The van der Waals surface area contributed by atoms with Gasteiger partial charge in [-0.05, 0) is 23.5 Å². The Labute approximate surface area is 205 Å². The van der Waals surface area contributed by atoms with Gasteiger partial charge in [0.1, 0.15) is 17.9 Å². The Bertz CT molecular complexity index is 1100. The number of amides is 2. The first-order valence-electron chi connectivity index (χ1n) is 11.2. The number of rotatable bonds is 13. The predicted molar refractivity (Wildman–Crippen MR) is 134 cm³/mol. The van der Waals surface area contributed by atoms with E-state index in [-0.39, 0.29) is 31.2 Å². The van der Waals surface area contributed by atoms with Crippen molar-refractivity contribution in [2.24, 2.45) is 11.7 Å². The first-order chi connectivity index (χ1) is 16.5. The van der Waals surface area contributed by atoms with E-state index >= 15 is 0 Å². The number of carbonyl (C=O) groups excluding carboxylic acids is 2. The smallest absolute Gasteiger partial charge is 0.242 e. The van der Waals surface area contributed by atoms with Crippen LogP contribution in [0.3, 0.4) is 0 Å². The molecule has 2 amide bonds. The molecule has 2 rings (SSSR count). The zero-order chi connectivity index (χ0) is 26.0. The summed E-state index contributed by atoms with van der Waals surface area (Å²) in [5, 5.41) is 22.1. The van der Waals surface area contributed by atoms with Gasteiger partial charge in [0.05, 0.1) is 5.75 Å². The van der Waals surface area contributed by atoms with Crippen LogP contribution in [0.25, 0.3) is 0 Å². The number of nitrogens with one attached hydrogen (secondary N) is 4. The molecule has 2 aromatic carbocycles. The Morgan fingerprint density at radius 3 is 2.17 bits per heavy atom. The molecule has 0 bridgehead atoms. The molecule has 0 radical (unpaired) electrons. The molecular weight excluding hydrogens is 470 g/mol. The number of hydrogen-bond donors (Lipinski definition) is 6. The van der Waals surface area contributed by atoms with Gasteiger partial charge in [0.2, 0.25) is 21.8 Å². The van der Waals surface area contributed by atoms with Gasteiger partial charge in [0.15, 0.2) is 0 Å². The van der Waals surface area contributed by atoms with Crippen LogP contribution in [0, 0.1) is 11.3 Å². The summed E-state index contributed by atoms with van der Waals surface area (Å²) in [5.41, 5.74) is 7.33. The first-order valence-corrected chi connectivity index (χ1v) is 12.8.